The Bertz CT molecular complexity index is 1660. The molecule has 2 N–H and O–H groups in total. The van der Waals surface area contributed by atoms with Gasteiger partial charge in [0, 0.05) is 32.5 Å². The van der Waals surface area contributed by atoms with Gasteiger partial charge in [-0.05, 0) is 66.1 Å². The van der Waals surface area contributed by atoms with Crippen LogP contribution < -0.4 is 15.5 Å². The molecule has 0 unspecified atom stereocenters. The summed E-state index contributed by atoms with van der Waals surface area (Å²) < 4.78 is 0. The minimum atomic E-state index is -0.678. The maximum absolute atomic E-state index is 13.3. The molecule has 7 nitrogen and oxygen atoms in total. The van der Waals surface area contributed by atoms with E-state index in [1.54, 1.807) is 66.7 Å². The molecule has 4 amide bonds. The number of anilines is 2. The Morgan fingerprint density at radius 3 is 2.51 bits per heavy atom. The highest BCUT2D eigenvalue weighted by atomic mass is 35.5. The summed E-state index contributed by atoms with van der Waals surface area (Å²) in [4.78, 5) is 54.5. The van der Waals surface area contributed by atoms with Gasteiger partial charge < -0.3 is 10.6 Å². The molecule has 1 aliphatic rings. The molecule has 1 atom stereocenters. The van der Waals surface area contributed by atoms with Crippen molar-refractivity contribution in [1.29, 1.82) is 0 Å². The fourth-order valence-electron chi connectivity index (χ4n) is 4.07. The third-order valence-corrected chi connectivity index (χ3v) is 8.54. The average Bonchev–Trinajstić information content (AvgIpc) is 3.57. The number of amides is 4. The zero-order chi connectivity index (χ0) is 28.9. The first kappa shape index (κ1) is 28.6. The number of carbonyl (C=O) groups excluding carboxylic acids is 4. The van der Waals surface area contributed by atoms with Crippen molar-refractivity contribution < 1.29 is 19.2 Å². The number of rotatable bonds is 8. The minimum Gasteiger partial charge on any atom is -0.321 e. The first-order valence-electron chi connectivity index (χ1n) is 12.3. The molecule has 0 radical (unpaired) electrons. The van der Waals surface area contributed by atoms with Crippen LogP contribution in [0.25, 0.3) is 6.08 Å². The zero-order valence-corrected chi connectivity index (χ0v) is 24.3. The van der Waals surface area contributed by atoms with Crippen molar-refractivity contribution in [2.75, 3.05) is 10.2 Å². The summed E-state index contributed by atoms with van der Waals surface area (Å²) in [6.45, 7) is 0. The van der Waals surface area contributed by atoms with Crippen molar-refractivity contribution in [3.8, 4) is 0 Å². The molecule has 5 rings (SSSR count). The van der Waals surface area contributed by atoms with Gasteiger partial charge in [-0.15, -0.1) is 23.1 Å². The summed E-state index contributed by atoms with van der Waals surface area (Å²) in [5, 5.41) is 7.33. The predicted octanol–water partition coefficient (Wildman–Crippen LogP) is 6.89. The van der Waals surface area contributed by atoms with Crippen LogP contribution in [0.5, 0.6) is 0 Å². The Balaban J connectivity index is 1.31. The van der Waals surface area contributed by atoms with Crippen LogP contribution >= 0.6 is 46.3 Å². The van der Waals surface area contributed by atoms with E-state index < -0.39 is 23.0 Å². The standard InChI is InChI=1S/C30H21Cl2N3O4S2/c31-19-11-12-23(32)25(14-19)35-27(36)17-26(30(35)39)41-22-9-4-8-20(15-22)33-29(38)24(16-21-10-5-13-40-21)34-28(37)18-6-2-1-3-7-18/h1-16,26H,17H2,(H,33,38)(H,34,37)/b24-16-/t26-/m0/s1. The van der Waals surface area contributed by atoms with Crippen molar-refractivity contribution in [2.45, 2.75) is 16.6 Å². The summed E-state index contributed by atoms with van der Waals surface area (Å²) in [6.07, 6.45) is 1.60. The number of thiophene rings is 1. The van der Waals surface area contributed by atoms with Crippen LogP contribution in [0.15, 0.2) is 101 Å². The smallest absolute Gasteiger partial charge is 0.272 e. The Morgan fingerprint density at radius 2 is 1.76 bits per heavy atom. The monoisotopic (exact) mass is 621 g/mol. The lowest BCUT2D eigenvalue weighted by molar-refractivity contribution is -0.121. The Kier molecular flexibility index (Phi) is 8.90. The number of hydrogen-bond donors (Lipinski definition) is 2. The van der Waals surface area contributed by atoms with E-state index >= 15 is 0 Å². The van der Waals surface area contributed by atoms with Crippen LogP contribution in [0.2, 0.25) is 10.0 Å². The molecule has 4 aromatic rings. The van der Waals surface area contributed by atoms with Gasteiger partial charge in [-0.1, -0.05) is 53.5 Å². The van der Waals surface area contributed by atoms with E-state index in [4.69, 9.17) is 23.2 Å². The molecule has 0 saturated carbocycles. The molecule has 0 aliphatic carbocycles. The van der Waals surface area contributed by atoms with Gasteiger partial charge in [-0.2, -0.15) is 0 Å². The predicted molar refractivity (Wildman–Crippen MR) is 164 cm³/mol. The summed E-state index contributed by atoms with van der Waals surface area (Å²) >= 11 is 14.9. The Morgan fingerprint density at radius 1 is 0.951 bits per heavy atom. The van der Waals surface area contributed by atoms with Crippen molar-refractivity contribution in [3.63, 3.8) is 0 Å². The lowest BCUT2D eigenvalue weighted by Gasteiger charge is -2.17. The number of nitrogens with one attached hydrogen (secondary N) is 2. The molecule has 1 aromatic heterocycles. The number of halogens is 2. The maximum Gasteiger partial charge on any atom is 0.272 e. The molecular weight excluding hydrogens is 601 g/mol. The van der Waals surface area contributed by atoms with E-state index in [2.05, 4.69) is 10.6 Å². The Hall–Kier alpha value is -3.89. The number of nitrogens with zero attached hydrogens (tertiary/aromatic N) is 1. The van der Waals surface area contributed by atoms with Crippen LogP contribution in [0, 0.1) is 0 Å². The minimum absolute atomic E-state index is 0.0118. The number of imide groups is 1. The van der Waals surface area contributed by atoms with Crippen LogP contribution in [0.4, 0.5) is 11.4 Å². The Labute approximate surface area is 254 Å². The molecule has 206 valence electrons. The normalized spacial score (nSPS) is 15.2. The molecule has 3 aromatic carbocycles. The molecule has 1 saturated heterocycles. The lowest BCUT2D eigenvalue weighted by Crippen LogP contribution is -2.31. The van der Waals surface area contributed by atoms with Gasteiger partial charge in [0.05, 0.1) is 16.0 Å². The molecular formula is C30H21Cl2N3O4S2. The van der Waals surface area contributed by atoms with E-state index in [1.165, 1.54) is 35.2 Å². The molecule has 41 heavy (non-hydrogen) atoms. The van der Waals surface area contributed by atoms with Crippen molar-refractivity contribution >= 4 is 87.4 Å². The van der Waals surface area contributed by atoms with Crippen LogP contribution in [-0.2, 0) is 14.4 Å². The van der Waals surface area contributed by atoms with E-state index in [9.17, 15) is 19.2 Å². The highest BCUT2D eigenvalue weighted by molar-refractivity contribution is 8.00. The number of carbonyl (C=O) groups is 4. The second kappa shape index (κ2) is 12.7. The van der Waals surface area contributed by atoms with E-state index in [1.807, 2.05) is 17.5 Å². The van der Waals surface area contributed by atoms with E-state index in [0.717, 1.165) is 9.78 Å². The third-order valence-electron chi connectivity index (χ3n) is 5.98. The van der Waals surface area contributed by atoms with Gasteiger partial charge in [0.25, 0.3) is 11.8 Å². The largest absolute Gasteiger partial charge is 0.321 e. The fraction of sp³-hybridized carbons (Fsp3) is 0.0667. The molecule has 2 heterocycles. The molecule has 1 fully saturated rings. The van der Waals surface area contributed by atoms with Gasteiger partial charge in [0.2, 0.25) is 11.8 Å². The molecule has 1 aliphatic heterocycles. The van der Waals surface area contributed by atoms with E-state index in [0.29, 0.717) is 21.2 Å². The SMILES string of the molecule is O=C(Nc1cccc(S[C@H]2CC(=O)N(c3cc(Cl)ccc3Cl)C2=O)c1)/C(=C/c1cccs1)NC(=O)c1ccccc1. The second-order valence-corrected chi connectivity index (χ2v) is 11.9. The van der Waals surface area contributed by atoms with Crippen molar-refractivity contribution in [1.82, 2.24) is 5.32 Å². The first-order chi connectivity index (χ1) is 19.8. The quantitative estimate of drug-likeness (QED) is 0.165. The van der Waals surface area contributed by atoms with Crippen LogP contribution in [0.1, 0.15) is 21.7 Å². The number of thioether (sulfide) groups is 1. The summed E-state index contributed by atoms with van der Waals surface area (Å²) in [5.41, 5.74) is 1.20. The highest BCUT2D eigenvalue weighted by Gasteiger charge is 2.41. The lowest BCUT2D eigenvalue weighted by atomic mass is 10.2. The average molecular weight is 623 g/mol. The number of benzene rings is 3. The molecule has 0 bridgehead atoms. The van der Waals surface area contributed by atoms with Crippen molar-refractivity contribution in [3.05, 3.63) is 116 Å². The fourth-order valence-corrected chi connectivity index (χ4v) is 6.21. The summed E-state index contributed by atoms with van der Waals surface area (Å²) in [7, 11) is 0. The third kappa shape index (κ3) is 6.89. The van der Waals surface area contributed by atoms with Gasteiger partial charge in [0.1, 0.15) is 5.70 Å². The van der Waals surface area contributed by atoms with Gasteiger partial charge in [-0.3, -0.25) is 19.2 Å². The topological polar surface area (TPSA) is 95.6 Å². The second-order valence-electron chi connectivity index (χ2n) is 8.85. The van der Waals surface area contributed by atoms with Gasteiger partial charge in [0.15, 0.2) is 0 Å². The molecule has 11 heteroatoms. The van der Waals surface area contributed by atoms with Crippen molar-refractivity contribution in [2.24, 2.45) is 0 Å². The van der Waals surface area contributed by atoms with Crippen LogP contribution in [-0.4, -0.2) is 28.9 Å². The highest BCUT2D eigenvalue weighted by Crippen LogP contribution is 2.38. The van der Waals surface area contributed by atoms with Gasteiger partial charge >= 0.3 is 0 Å². The molecule has 0 spiro atoms. The zero-order valence-electron chi connectivity index (χ0n) is 21.2. The van der Waals surface area contributed by atoms with E-state index in [-0.39, 0.29) is 28.7 Å². The summed E-state index contributed by atoms with van der Waals surface area (Å²) in [6, 6.07) is 23.8. The van der Waals surface area contributed by atoms with Crippen LogP contribution in [0.3, 0.4) is 0 Å². The maximum atomic E-state index is 13.3. The first-order valence-corrected chi connectivity index (χ1v) is 14.8. The van der Waals surface area contributed by atoms with Gasteiger partial charge in [-0.25, -0.2) is 4.90 Å². The number of hydrogen-bond acceptors (Lipinski definition) is 6. The summed E-state index contributed by atoms with van der Waals surface area (Å²) in [5.74, 6) is -1.71.